The highest BCUT2D eigenvalue weighted by Gasteiger charge is 2.66. The van der Waals surface area contributed by atoms with Gasteiger partial charge in [-0.25, -0.2) is 0 Å². The van der Waals surface area contributed by atoms with Gasteiger partial charge in [-0.15, -0.1) is 5.10 Å². The van der Waals surface area contributed by atoms with E-state index in [2.05, 4.69) is 28.7 Å². The van der Waals surface area contributed by atoms with Gasteiger partial charge in [0.2, 0.25) is 0 Å². The normalized spacial score (nSPS) is 26.8. The fourth-order valence-electron chi connectivity index (χ4n) is 9.96. The summed E-state index contributed by atoms with van der Waals surface area (Å²) in [5.74, 6) is -1.47. The fourth-order valence-corrected chi connectivity index (χ4v) is 14.0. The zero-order valence-electron chi connectivity index (χ0n) is 36.2. The quantitative estimate of drug-likeness (QED) is 0.0533. The minimum atomic E-state index is -2.62. The SMILES string of the molecule is COc1ccc([Si](C)(C)[C@@H]2[C@@H](CCn3cc(C(CO)c4ccccc4)nn3)O[C@]3(C(=O)N(Cc4cccc(NC(=O)[C@H]5O[C@@H](O)[C@H](O)[C@@H](O)[C@@H]5O)c4)c4ccc([N+](=O)[O-])cc43)[C@H]2C)cc1. The van der Waals surface area contributed by atoms with Gasteiger partial charge in [0.25, 0.3) is 17.5 Å². The standard InChI is InChI=1S/C46H52N6O12Si/c1-26-42(65(3,4)32-16-14-31(62-2)15-17-32)37(19-20-50-24-35(48-49-50)33(25-53)28-10-6-5-7-11-28)64-46(26)34-22-30(52(60)61)13-18-36(34)51(45(46)59)23-27-9-8-12-29(21-27)47-43(57)41-39(55)38(54)40(56)44(58)63-41/h5-18,21-22,24,26,33,37-42,44,53-56,58H,19-20,23,25H2,1-4H3,(H,47,57)/t26-,33?,37+,38-,39-,40+,41-,42-,44+,46+/m0/s1. The Morgan fingerprint density at radius 3 is 2.42 bits per heavy atom. The fraction of sp³-hybridized carbons (Fsp3) is 0.391. The van der Waals surface area contributed by atoms with Crippen LogP contribution in [0.15, 0.2) is 103 Å². The van der Waals surface area contributed by atoms with Crippen LogP contribution >= 0.6 is 0 Å². The number of fused-ring (bicyclic) bond motifs is 2. The summed E-state index contributed by atoms with van der Waals surface area (Å²) >= 11 is 0. The molecule has 3 aliphatic rings. The first kappa shape index (κ1) is 45.7. The Kier molecular flexibility index (Phi) is 12.8. The van der Waals surface area contributed by atoms with Crippen LogP contribution in [0.5, 0.6) is 5.75 Å². The maximum atomic E-state index is 15.4. The Labute approximate surface area is 375 Å². The third kappa shape index (κ3) is 8.34. The number of aryl methyl sites for hydroxylation is 1. The summed E-state index contributed by atoms with van der Waals surface area (Å²) in [6.45, 7) is 6.62. The minimum absolute atomic E-state index is 0.0266. The highest BCUT2D eigenvalue weighted by molar-refractivity contribution is 6.91. The molecular weight excluding hydrogens is 857 g/mol. The number of carbonyl (C=O) groups excluding carboxylic acids is 2. The van der Waals surface area contributed by atoms with Crippen molar-refractivity contribution in [2.24, 2.45) is 5.92 Å². The van der Waals surface area contributed by atoms with Crippen molar-refractivity contribution in [2.45, 2.75) is 93.4 Å². The van der Waals surface area contributed by atoms with E-state index in [0.29, 0.717) is 41.2 Å². The number of hydrogen-bond donors (Lipinski definition) is 6. The summed E-state index contributed by atoms with van der Waals surface area (Å²) in [6.07, 6.45) is -7.42. The number of carbonyl (C=O) groups is 2. The molecule has 0 radical (unpaired) electrons. The molecule has 1 unspecified atom stereocenters. The summed E-state index contributed by atoms with van der Waals surface area (Å²) in [7, 11) is -1.01. The molecule has 0 bridgehead atoms. The summed E-state index contributed by atoms with van der Waals surface area (Å²) in [5, 5.41) is 75.6. The smallest absolute Gasteiger partial charge is 0.269 e. The molecule has 2 fully saturated rings. The second-order valence-electron chi connectivity index (χ2n) is 17.5. The van der Waals surface area contributed by atoms with Crippen molar-refractivity contribution in [3.05, 3.63) is 136 Å². The maximum absolute atomic E-state index is 15.4. The van der Waals surface area contributed by atoms with E-state index >= 15 is 4.79 Å². The summed E-state index contributed by atoms with van der Waals surface area (Å²) in [6, 6.07) is 28.4. The first-order chi connectivity index (χ1) is 31.1. The van der Waals surface area contributed by atoms with Gasteiger partial charge in [0.15, 0.2) is 18.0 Å². The predicted molar refractivity (Wildman–Crippen MR) is 238 cm³/mol. The van der Waals surface area contributed by atoms with Crippen molar-refractivity contribution in [3.63, 3.8) is 0 Å². The van der Waals surface area contributed by atoms with E-state index in [1.165, 1.54) is 12.1 Å². The number of non-ortho nitro benzene ring substituents is 1. The molecule has 0 aliphatic carbocycles. The number of nitro groups is 1. The predicted octanol–water partition coefficient (Wildman–Crippen LogP) is 2.91. The molecule has 4 heterocycles. The average molecular weight is 909 g/mol. The lowest BCUT2D eigenvalue weighted by atomic mass is 9.82. The molecule has 6 N–H and O–H groups in total. The molecule has 2 saturated heterocycles. The number of nitrogens with zero attached hydrogens (tertiary/aromatic N) is 5. The second kappa shape index (κ2) is 18.2. The number of aromatic nitrogens is 3. The van der Waals surface area contributed by atoms with Gasteiger partial charge in [-0.05, 0) is 53.4 Å². The lowest BCUT2D eigenvalue weighted by Gasteiger charge is -2.37. The molecule has 8 rings (SSSR count). The third-order valence-corrected chi connectivity index (χ3v) is 17.7. The van der Waals surface area contributed by atoms with Crippen LogP contribution in [0.25, 0.3) is 0 Å². The number of nitrogens with one attached hydrogen (secondary N) is 1. The van der Waals surface area contributed by atoms with Crippen LogP contribution in [-0.4, -0.2) is 116 Å². The molecule has 342 valence electrons. The Morgan fingerprint density at radius 2 is 1.72 bits per heavy atom. The molecule has 5 aromatic rings. The van der Waals surface area contributed by atoms with Crippen LogP contribution < -0.4 is 20.1 Å². The van der Waals surface area contributed by atoms with Crippen LogP contribution in [0.1, 0.15) is 41.6 Å². The molecule has 65 heavy (non-hydrogen) atoms. The molecule has 1 spiro atoms. The van der Waals surface area contributed by atoms with E-state index in [0.717, 1.165) is 10.8 Å². The summed E-state index contributed by atoms with van der Waals surface area (Å²) in [5.41, 5.74) is 1.06. The number of aliphatic hydroxyl groups is 5. The summed E-state index contributed by atoms with van der Waals surface area (Å²) in [4.78, 5) is 42.0. The van der Waals surface area contributed by atoms with Gasteiger partial charge in [-0.3, -0.25) is 24.4 Å². The molecule has 19 heteroatoms. The largest absolute Gasteiger partial charge is 0.497 e. The van der Waals surface area contributed by atoms with Gasteiger partial charge in [0, 0.05) is 42.0 Å². The zero-order valence-corrected chi connectivity index (χ0v) is 37.2. The number of benzene rings is 4. The Balaban J connectivity index is 1.13. The van der Waals surface area contributed by atoms with Gasteiger partial charge in [0.05, 0.1) is 56.7 Å². The van der Waals surface area contributed by atoms with E-state index in [1.54, 1.807) is 47.0 Å². The Hall–Kier alpha value is -5.90. The number of ether oxygens (including phenoxy) is 3. The second-order valence-corrected chi connectivity index (χ2v) is 22.1. The van der Waals surface area contributed by atoms with E-state index in [4.69, 9.17) is 14.2 Å². The van der Waals surface area contributed by atoms with Crippen molar-refractivity contribution in [1.29, 1.82) is 0 Å². The monoisotopic (exact) mass is 908 g/mol. The van der Waals surface area contributed by atoms with Crippen LogP contribution in [0, 0.1) is 16.0 Å². The van der Waals surface area contributed by atoms with Gasteiger partial charge in [0.1, 0.15) is 24.1 Å². The molecule has 3 aliphatic heterocycles. The lowest BCUT2D eigenvalue weighted by molar-refractivity contribution is -0.385. The van der Waals surface area contributed by atoms with E-state index in [9.17, 15) is 40.4 Å². The molecule has 18 nitrogen and oxygen atoms in total. The minimum Gasteiger partial charge on any atom is -0.497 e. The number of rotatable bonds is 14. The number of anilines is 2. The van der Waals surface area contributed by atoms with Gasteiger partial charge in [-0.1, -0.05) is 85.0 Å². The van der Waals surface area contributed by atoms with Crippen molar-refractivity contribution in [3.8, 4) is 5.75 Å². The van der Waals surface area contributed by atoms with Gasteiger partial charge >= 0.3 is 0 Å². The molecule has 1 aromatic heterocycles. The van der Waals surface area contributed by atoms with E-state index < -0.39 is 73.1 Å². The average Bonchev–Trinajstić information content (AvgIpc) is 3.96. The Bertz CT molecular complexity index is 2550. The van der Waals surface area contributed by atoms with Crippen LogP contribution in [-0.2, 0) is 37.8 Å². The van der Waals surface area contributed by atoms with Crippen molar-refractivity contribution in [2.75, 3.05) is 23.9 Å². The first-order valence-electron chi connectivity index (χ1n) is 21.4. The number of nitro benzene ring substituents is 1. The third-order valence-electron chi connectivity index (χ3n) is 13.4. The highest BCUT2D eigenvalue weighted by atomic mass is 28.3. The number of hydrogen-bond acceptors (Lipinski definition) is 14. The molecule has 4 aromatic carbocycles. The Morgan fingerprint density at radius 1 is 0.985 bits per heavy atom. The molecule has 0 saturated carbocycles. The van der Waals surface area contributed by atoms with Crippen molar-refractivity contribution >= 4 is 42.1 Å². The first-order valence-corrected chi connectivity index (χ1v) is 24.4. The lowest BCUT2D eigenvalue weighted by Crippen LogP contribution is -2.60. The number of aliphatic hydroxyl groups excluding tert-OH is 5. The van der Waals surface area contributed by atoms with Crippen LogP contribution in [0.3, 0.4) is 0 Å². The van der Waals surface area contributed by atoms with Crippen molar-refractivity contribution in [1.82, 2.24) is 15.0 Å². The van der Waals surface area contributed by atoms with E-state index in [1.807, 2.05) is 67.7 Å². The van der Waals surface area contributed by atoms with Crippen LogP contribution in [0.4, 0.5) is 17.1 Å². The molecular formula is C46H52N6O12Si. The van der Waals surface area contributed by atoms with E-state index in [-0.39, 0.29) is 36.0 Å². The molecule has 10 atom stereocenters. The van der Waals surface area contributed by atoms with Crippen molar-refractivity contribution < 1.29 is 54.3 Å². The van der Waals surface area contributed by atoms with Gasteiger partial charge < -0.3 is 50.0 Å². The number of amides is 2. The maximum Gasteiger partial charge on any atom is 0.269 e. The highest BCUT2D eigenvalue weighted by Crippen LogP contribution is 2.60. The van der Waals surface area contributed by atoms with Crippen LogP contribution in [0.2, 0.25) is 18.6 Å². The number of methoxy groups -OCH3 is 1. The molecule has 2 amide bonds. The van der Waals surface area contributed by atoms with Gasteiger partial charge in [-0.2, -0.15) is 0 Å². The topological polar surface area (TPSA) is 252 Å². The zero-order chi connectivity index (χ0) is 46.4. The summed E-state index contributed by atoms with van der Waals surface area (Å²) < 4.78 is 19.5.